The average Bonchev–Trinajstić information content (AvgIpc) is 3.40. The van der Waals surface area contributed by atoms with Gasteiger partial charge in [-0.15, -0.1) is 11.8 Å². The van der Waals surface area contributed by atoms with E-state index in [2.05, 4.69) is 24.8 Å². The first-order chi connectivity index (χ1) is 18.7. The van der Waals surface area contributed by atoms with Gasteiger partial charge in [-0.2, -0.15) is 9.36 Å². The van der Waals surface area contributed by atoms with E-state index in [1.165, 1.54) is 54.4 Å². The van der Waals surface area contributed by atoms with E-state index in [4.69, 9.17) is 9.57 Å². The van der Waals surface area contributed by atoms with Crippen LogP contribution in [0.2, 0.25) is 0 Å². The standard InChI is InChI=1S/C22H22N8O7S2/c1-28(2)11-23-22-25-17(27-39-22)15(26-36-3)18(31)24-16-19(32)29-14(8-9-38-20(16)29)21(33)37-10-12-4-6-13(7-5-12)30(34)35/h4-8,11,16,20H,9-10H2,1-3H3,(H,24,31)/t16?,20-/m0/s1. The van der Waals surface area contributed by atoms with E-state index in [1.807, 2.05) is 0 Å². The van der Waals surface area contributed by atoms with Gasteiger partial charge in [0.2, 0.25) is 16.7 Å². The predicted molar refractivity (Wildman–Crippen MR) is 141 cm³/mol. The Balaban J connectivity index is 1.38. The lowest BCUT2D eigenvalue weighted by atomic mass is 10.0. The topological polar surface area (TPSA) is 182 Å². The van der Waals surface area contributed by atoms with Gasteiger partial charge in [0.15, 0.2) is 0 Å². The molecule has 1 aromatic carbocycles. The molecule has 0 radical (unpaired) electrons. The maximum absolute atomic E-state index is 13.0. The maximum atomic E-state index is 13.0. The number of amides is 2. The number of benzene rings is 1. The number of non-ortho nitro benzene ring substituents is 1. The van der Waals surface area contributed by atoms with Crippen LogP contribution in [0.3, 0.4) is 0 Å². The summed E-state index contributed by atoms with van der Waals surface area (Å²) in [6.07, 6.45) is 3.10. The quantitative estimate of drug-likeness (QED) is 0.107. The first-order valence-corrected chi connectivity index (χ1v) is 13.0. The first kappa shape index (κ1) is 27.6. The van der Waals surface area contributed by atoms with Gasteiger partial charge in [0.1, 0.15) is 30.8 Å². The number of aromatic nitrogens is 2. The monoisotopic (exact) mass is 574 g/mol. The van der Waals surface area contributed by atoms with Gasteiger partial charge in [0.05, 0.1) is 11.3 Å². The molecule has 0 saturated carbocycles. The normalized spacial score (nSPS) is 18.6. The van der Waals surface area contributed by atoms with Crippen LogP contribution in [0.5, 0.6) is 0 Å². The lowest BCUT2D eigenvalue weighted by Gasteiger charge is -2.48. The van der Waals surface area contributed by atoms with Crippen LogP contribution in [0.25, 0.3) is 0 Å². The summed E-state index contributed by atoms with van der Waals surface area (Å²) in [7, 11) is 4.84. The van der Waals surface area contributed by atoms with E-state index >= 15 is 0 Å². The number of thioether (sulfide) groups is 1. The molecule has 4 rings (SSSR count). The molecule has 0 bridgehead atoms. The van der Waals surface area contributed by atoms with Crippen LogP contribution in [0, 0.1) is 10.1 Å². The van der Waals surface area contributed by atoms with Crippen LogP contribution in [-0.2, 0) is 30.6 Å². The van der Waals surface area contributed by atoms with Crippen molar-refractivity contribution in [2.75, 3.05) is 27.0 Å². The van der Waals surface area contributed by atoms with E-state index in [1.54, 1.807) is 25.1 Å². The van der Waals surface area contributed by atoms with Crippen molar-refractivity contribution in [2.24, 2.45) is 10.1 Å². The van der Waals surface area contributed by atoms with Crippen LogP contribution in [-0.4, -0.2) is 92.3 Å². The van der Waals surface area contributed by atoms with E-state index in [0.29, 0.717) is 16.4 Å². The number of oxime groups is 1. The minimum atomic E-state index is -0.930. The molecule has 1 unspecified atom stereocenters. The summed E-state index contributed by atoms with van der Waals surface area (Å²) in [6, 6.07) is 4.64. The number of β-lactam (4-membered cyclic amide) rings is 1. The minimum Gasteiger partial charge on any atom is -0.456 e. The Morgan fingerprint density at radius 2 is 2.08 bits per heavy atom. The first-order valence-electron chi connectivity index (χ1n) is 11.2. The second-order valence-corrected chi connectivity index (χ2v) is 10.1. The second-order valence-electron chi connectivity index (χ2n) is 8.20. The van der Waals surface area contributed by atoms with E-state index in [0.717, 1.165) is 11.5 Å². The van der Waals surface area contributed by atoms with Crippen molar-refractivity contribution in [2.45, 2.75) is 18.0 Å². The third-order valence-corrected chi connectivity index (χ3v) is 7.09. The van der Waals surface area contributed by atoms with Gasteiger partial charge in [0, 0.05) is 43.5 Å². The number of nitro benzene ring substituents is 1. The van der Waals surface area contributed by atoms with Crippen molar-refractivity contribution in [3.8, 4) is 0 Å². The van der Waals surface area contributed by atoms with Gasteiger partial charge in [-0.05, 0) is 23.8 Å². The number of hydrogen-bond donors (Lipinski definition) is 1. The Hall–Kier alpha value is -4.38. The van der Waals surface area contributed by atoms with Gasteiger partial charge in [-0.1, -0.05) is 5.16 Å². The zero-order chi connectivity index (χ0) is 28.1. The molecular weight excluding hydrogens is 552 g/mol. The lowest BCUT2D eigenvalue weighted by Crippen LogP contribution is -2.70. The molecule has 1 saturated heterocycles. The highest BCUT2D eigenvalue weighted by Crippen LogP contribution is 2.38. The van der Waals surface area contributed by atoms with Crippen molar-refractivity contribution >= 4 is 63.9 Å². The molecule has 17 heteroatoms. The summed E-state index contributed by atoms with van der Waals surface area (Å²) in [5, 5.41) is 16.9. The molecule has 2 aromatic rings. The number of ether oxygens (including phenoxy) is 1. The fourth-order valence-electron chi connectivity index (χ4n) is 3.48. The zero-order valence-corrected chi connectivity index (χ0v) is 22.5. The van der Waals surface area contributed by atoms with E-state index < -0.39 is 34.1 Å². The van der Waals surface area contributed by atoms with Crippen LogP contribution >= 0.6 is 23.3 Å². The number of esters is 1. The van der Waals surface area contributed by atoms with Crippen molar-refractivity contribution in [3.05, 3.63) is 57.5 Å². The highest BCUT2D eigenvalue weighted by atomic mass is 32.2. The number of nitrogens with zero attached hydrogens (tertiary/aromatic N) is 7. The molecule has 0 aliphatic carbocycles. The predicted octanol–water partition coefficient (Wildman–Crippen LogP) is 1.05. The number of carbonyl (C=O) groups is 3. The molecule has 2 aliphatic rings. The van der Waals surface area contributed by atoms with Gasteiger partial charge in [0.25, 0.3) is 17.5 Å². The third kappa shape index (κ3) is 6.20. The summed E-state index contributed by atoms with van der Waals surface area (Å²) >= 11 is 2.32. The Kier molecular flexibility index (Phi) is 8.50. The smallest absolute Gasteiger partial charge is 0.355 e. The summed E-state index contributed by atoms with van der Waals surface area (Å²) in [5.74, 6) is -1.56. The molecule has 1 N–H and O–H groups in total. The number of aliphatic imine (C=N–C) groups is 1. The average molecular weight is 575 g/mol. The molecule has 3 heterocycles. The van der Waals surface area contributed by atoms with Gasteiger partial charge in [-0.3, -0.25) is 24.6 Å². The largest absolute Gasteiger partial charge is 0.456 e. The van der Waals surface area contributed by atoms with Gasteiger partial charge < -0.3 is 19.8 Å². The molecular formula is C22H22N8O7S2. The SMILES string of the molecule is CON=C(C(=O)NC1C(=O)N2C(C(=O)OCc3ccc([N+](=O)[O-])cc3)=CCS[C@@H]12)c1nsc(N=CN(C)C)n1. The van der Waals surface area contributed by atoms with Gasteiger partial charge >= 0.3 is 5.97 Å². The van der Waals surface area contributed by atoms with E-state index in [-0.39, 0.29) is 29.5 Å². The Morgan fingerprint density at radius 3 is 2.74 bits per heavy atom. The number of fused-ring (bicyclic) bond motifs is 1. The Bertz CT molecular complexity index is 1370. The van der Waals surface area contributed by atoms with Crippen LogP contribution in [0.4, 0.5) is 10.8 Å². The fraction of sp³-hybridized carbons (Fsp3) is 0.318. The lowest BCUT2D eigenvalue weighted by molar-refractivity contribution is -0.384. The highest BCUT2D eigenvalue weighted by molar-refractivity contribution is 8.00. The molecule has 2 atom stereocenters. The summed E-state index contributed by atoms with van der Waals surface area (Å²) in [5.41, 5.74) is 0.297. The molecule has 204 valence electrons. The minimum absolute atomic E-state index is 0.0133. The van der Waals surface area contributed by atoms with E-state index in [9.17, 15) is 24.5 Å². The van der Waals surface area contributed by atoms with Crippen LogP contribution in [0.15, 0.2) is 46.2 Å². The third-order valence-electron chi connectivity index (χ3n) is 5.28. The number of nitro groups is 1. The van der Waals surface area contributed by atoms with Crippen LogP contribution in [0.1, 0.15) is 11.4 Å². The summed E-state index contributed by atoms with van der Waals surface area (Å²) in [4.78, 5) is 65.0. The Morgan fingerprint density at radius 1 is 1.33 bits per heavy atom. The zero-order valence-electron chi connectivity index (χ0n) is 20.8. The molecule has 2 amide bonds. The second kappa shape index (κ2) is 12.0. The molecule has 2 aliphatic heterocycles. The van der Waals surface area contributed by atoms with Crippen LogP contribution < -0.4 is 5.32 Å². The number of carbonyl (C=O) groups excluding carboxylic acids is 3. The molecule has 1 fully saturated rings. The van der Waals surface area contributed by atoms with Crippen molar-refractivity contribution in [1.82, 2.24) is 24.5 Å². The van der Waals surface area contributed by atoms with Crippen molar-refractivity contribution in [3.63, 3.8) is 0 Å². The molecule has 1 aromatic heterocycles. The number of nitrogens with one attached hydrogen (secondary N) is 1. The number of rotatable bonds is 10. The molecule has 39 heavy (non-hydrogen) atoms. The van der Waals surface area contributed by atoms with Crippen molar-refractivity contribution in [1.29, 1.82) is 0 Å². The number of hydrogen-bond acceptors (Lipinski definition) is 13. The Labute approximate surface area is 229 Å². The van der Waals surface area contributed by atoms with Crippen molar-refractivity contribution < 1.29 is 28.9 Å². The summed E-state index contributed by atoms with van der Waals surface area (Å²) in [6.45, 7) is -0.133. The van der Waals surface area contributed by atoms with Gasteiger partial charge in [-0.25, -0.2) is 9.79 Å². The summed E-state index contributed by atoms with van der Waals surface area (Å²) < 4.78 is 9.42. The fourth-order valence-corrected chi connectivity index (χ4v) is 5.19. The maximum Gasteiger partial charge on any atom is 0.355 e. The molecule has 15 nitrogen and oxygen atoms in total. The molecule has 0 spiro atoms. The highest BCUT2D eigenvalue weighted by Gasteiger charge is 2.53.